The van der Waals surface area contributed by atoms with Crippen LogP contribution in [-0.2, 0) is 0 Å². The number of hydrogen-bond acceptors (Lipinski definition) is 2. The molecule has 0 radical (unpaired) electrons. The Labute approximate surface area is 118 Å². The minimum atomic E-state index is 0.145. The molecule has 0 unspecified atom stereocenters. The summed E-state index contributed by atoms with van der Waals surface area (Å²) in [4.78, 5) is 11.1. The fourth-order valence-corrected chi connectivity index (χ4v) is 2.06. The molecule has 19 heavy (non-hydrogen) atoms. The third-order valence-electron chi connectivity index (χ3n) is 2.68. The molecule has 2 nitrogen and oxygen atoms in total. The number of halogens is 1. The standard InChI is InChI=1S/C16H15ClO2/c1-11(2)19-15-6-3-12(4-7-15)16-8-5-14(17)9-13(16)10-18/h3-11H,1-2H3. The van der Waals surface area contributed by atoms with Gasteiger partial charge in [0.15, 0.2) is 6.29 Å². The minimum Gasteiger partial charge on any atom is -0.491 e. The van der Waals surface area contributed by atoms with Crippen molar-refractivity contribution in [2.24, 2.45) is 0 Å². The van der Waals surface area contributed by atoms with Gasteiger partial charge < -0.3 is 4.74 Å². The van der Waals surface area contributed by atoms with E-state index in [0.717, 1.165) is 23.2 Å². The van der Waals surface area contributed by atoms with Crippen molar-refractivity contribution in [1.82, 2.24) is 0 Å². The molecular formula is C16H15ClO2. The molecule has 0 heterocycles. The topological polar surface area (TPSA) is 26.3 Å². The number of aldehydes is 1. The highest BCUT2D eigenvalue weighted by atomic mass is 35.5. The maximum absolute atomic E-state index is 11.1. The molecule has 0 bridgehead atoms. The maximum Gasteiger partial charge on any atom is 0.150 e. The largest absolute Gasteiger partial charge is 0.491 e. The van der Waals surface area contributed by atoms with Gasteiger partial charge in [-0.15, -0.1) is 0 Å². The summed E-state index contributed by atoms with van der Waals surface area (Å²) in [6.07, 6.45) is 0.964. The molecule has 0 aromatic heterocycles. The summed E-state index contributed by atoms with van der Waals surface area (Å²) in [6, 6.07) is 13.0. The first-order chi connectivity index (χ1) is 9.10. The second-order valence-corrected chi connectivity index (χ2v) is 4.98. The Bertz CT molecular complexity index is 574. The van der Waals surface area contributed by atoms with E-state index in [1.54, 1.807) is 12.1 Å². The van der Waals surface area contributed by atoms with Crippen molar-refractivity contribution in [2.75, 3.05) is 0 Å². The van der Waals surface area contributed by atoms with Gasteiger partial charge in [-0.25, -0.2) is 0 Å². The SMILES string of the molecule is CC(C)Oc1ccc(-c2ccc(Cl)cc2C=O)cc1. The molecule has 2 aromatic carbocycles. The highest BCUT2D eigenvalue weighted by Gasteiger charge is 2.06. The van der Waals surface area contributed by atoms with Gasteiger partial charge in [-0.05, 0) is 49.2 Å². The quantitative estimate of drug-likeness (QED) is 0.761. The third kappa shape index (κ3) is 3.36. The van der Waals surface area contributed by atoms with Crippen LogP contribution in [0, 0.1) is 0 Å². The van der Waals surface area contributed by atoms with E-state index < -0.39 is 0 Å². The van der Waals surface area contributed by atoms with Gasteiger partial charge in [0, 0.05) is 10.6 Å². The van der Waals surface area contributed by atoms with E-state index in [1.165, 1.54) is 0 Å². The third-order valence-corrected chi connectivity index (χ3v) is 2.91. The number of carbonyl (C=O) groups excluding carboxylic acids is 1. The summed E-state index contributed by atoms with van der Waals surface area (Å²) < 4.78 is 5.59. The molecule has 0 aliphatic carbocycles. The zero-order chi connectivity index (χ0) is 13.8. The van der Waals surface area contributed by atoms with Gasteiger partial charge in [-0.1, -0.05) is 29.8 Å². The van der Waals surface area contributed by atoms with Crippen LogP contribution in [0.1, 0.15) is 24.2 Å². The Morgan fingerprint density at radius 2 is 1.79 bits per heavy atom. The average molecular weight is 275 g/mol. The Morgan fingerprint density at radius 1 is 1.11 bits per heavy atom. The fourth-order valence-electron chi connectivity index (χ4n) is 1.88. The first kappa shape index (κ1) is 13.6. The predicted molar refractivity (Wildman–Crippen MR) is 78.0 cm³/mol. The van der Waals surface area contributed by atoms with Crippen molar-refractivity contribution >= 4 is 17.9 Å². The molecule has 0 atom stereocenters. The number of carbonyl (C=O) groups is 1. The molecule has 0 aliphatic heterocycles. The summed E-state index contributed by atoms with van der Waals surface area (Å²) in [5, 5.41) is 0.561. The molecule has 0 fully saturated rings. The lowest BCUT2D eigenvalue weighted by molar-refractivity contribution is 0.112. The van der Waals surface area contributed by atoms with E-state index in [1.807, 2.05) is 44.2 Å². The minimum absolute atomic E-state index is 0.145. The molecule has 0 amide bonds. The van der Waals surface area contributed by atoms with Gasteiger partial charge in [0.1, 0.15) is 5.75 Å². The summed E-state index contributed by atoms with van der Waals surface area (Å²) in [5.74, 6) is 0.820. The van der Waals surface area contributed by atoms with Crippen LogP contribution in [0.3, 0.4) is 0 Å². The Morgan fingerprint density at radius 3 is 2.37 bits per heavy atom. The van der Waals surface area contributed by atoms with Gasteiger partial charge in [-0.3, -0.25) is 4.79 Å². The number of ether oxygens (including phenoxy) is 1. The van der Waals surface area contributed by atoms with Crippen LogP contribution < -0.4 is 4.74 Å². The lowest BCUT2D eigenvalue weighted by atomic mass is 10.0. The van der Waals surface area contributed by atoms with E-state index in [9.17, 15) is 4.79 Å². The summed E-state index contributed by atoms with van der Waals surface area (Å²) in [7, 11) is 0. The van der Waals surface area contributed by atoms with Crippen LogP contribution in [0.15, 0.2) is 42.5 Å². The van der Waals surface area contributed by atoms with Crippen molar-refractivity contribution < 1.29 is 9.53 Å². The zero-order valence-corrected chi connectivity index (χ0v) is 11.6. The van der Waals surface area contributed by atoms with Crippen molar-refractivity contribution in [1.29, 1.82) is 0 Å². The van der Waals surface area contributed by atoms with E-state index in [-0.39, 0.29) is 6.10 Å². The first-order valence-electron chi connectivity index (χ1n) is 6.12. The van der Waals surface area contributed by atoms with Crippen molar-refractivity contribution in [3.05, 3.63) is 53.1 Å². The van der Waals surface area contributed by atoms with Crippen molar-refractivity contribution in [2.45, 2.75) is 20.0 Å². The van der Waals surface area contributed by atoms with Crippen LogP contribution in [0.25, 0.3) is 11.1 Å². The molecule has 98 valence electrons. The van der Waals surface area contributed by atoms with E-state index in [2.05, 4.69) is 0 Å². The summed E-state index contributed by atoms with van der Waals surface area (Å²) in [5.41, 5.74) is 2.43. The fraction of sp³-hybridized carbons (Fsp3) is 0.188. The molecule has 0 spiro atoms. The zero-order valence-electron chi connectivity index (χ0n) is 10.9. The van der Waals surface area contributed by atoms with Gasteiger partial charge in [-0.2, -0.15) is 0 Å². The number of benzene rings is 2. The Hall–Kier alpha value is -1.80. The van der Waals surface area contributed by atoms with Gasteiger partial charge in [0.05, 0.1) is 6.10 Å². The average Bonchev–Trinajstić information content (AvgIpc) is 2.39. The molecule has 0 aliphatic rings. The summed E-state index contributed by atoms with van der Waals surface area (Å²) in [6.45, 7) is 3.97. The summed E-state index contributed by atoms with van der Waals surface area (Å²) >= 11 is 5.89. The van der Waals surface area contributed by atoms with E-state index in [4.69, 9.17) is 16.3 Å². The smallest absolute Gasteiger partial charge is 0.150 e. The Balaban J connectivity index is 2.34. The van der Waals surface area contributed by atoms with Gasteiger partial charge in [0.25, 0.3) is 0 Å². The second-order valence-electron chi connectivity index (χ2n) is 4.54. The highest BCUT2D eigenvalue weighted by molar-refractivity contribution is 6.31. The van der Waals surface area contributed by atoms with Crippen LogP contribution in [-0.4, -0.2) is 12.4 Å². The molecule has 2 rings (SSSR count). The maximum atomic E-state index is 11.1. The van der Waals surface area contributed by atoms with Gasteiger partial charge >= 0.3 is 0 Å². The normalized spacial score (nSPS) is 10.5. The molecule has 0 saturated carbocycles. The Kier molecular flexibility index (Phi) is 4.23. The molecular weight excluding hydrogens is 260 g/mol. The molecule has 2 aromatic rings. The van der Waals surface area contributed by atoms with Crippen molar-refractivity contribution in [3.8, 4) is 16.9 Å². The molecule has 0 N–H and O–H groups in total. The lowest BCUT2D eigenvalue weighted by Crippen LogP contribution is -2.05. The second kappa shape index (κ2) is 5.89. The number of hydrogen-bond donors (Lipinski definition) is 0. The van der Waals surface area contributed by atoms with Crippen molar-refractivity contribution in [3.63, 3.8) is 0 Å². The number of rotatable bonds is 4. The van der Waals surface area contributed by atoms with Crippen LogP contribution in [0.5, 0.6) is 5.75 Å². The van der Waals surface area contributed by atoms with E-state index >= 15 is 0 Å². The van der Waals surface area contributed by atoms with Crippen LogP contribution >= 0.6 is 11.6 Å². The first-order valence-corrected chi connectivity index (χ1v) is 6.50. The van der Waals surface area contributed by atoms with Crippen LogP contribution in [0.4, 0.5) is 0 Å². The monoisotopic (exact) mass is 274 g/mol. The van der Waals surface area contributed by atoms with E-state index in [0.29, 0.717) is 10.6 Å². The highest BCUT2D eigenvalue weighted by Crippen LogP contribution is 2.27. The molecule has 3 heteroatoms. The van der Waals surface area contributed by atoms with Gasteiger partial charge in [0.2, 0.25) is 0 Å². The predicted octanol–water partition coefficient (Wildman–Crippen LogP) is 4.61. The lowest BCUT2D eigenvalue weighted by Gasteiger charge is -2.11. The molecule has 0 saturated heterocycles. The van der Waals surface area contributed by atoms with Crippen LogP contribution in [0.2, 0.25) is 5.02 Å².